The molecule has 2 N–H and O–H groups in total. The van der Waals surface area contributed by atoms with Crippen molar-refractivity contribution in [3.05, 3.63) is 69.7 Å². The zero-order chi connectivity index (χ0) is 20.0. The van der Waals surface area contributed by atoms with E-state index in [0.717, 1.165) is 11.8 Å². The van der Waals surface area contributed by atoms with Crippen LogP contribution in [0.3, 0.4) is 0 Å². The van der Waals surface area contributed by atoms with E-state index in [2.05, 4.69) is 20.2 Å². The minimum Gasteiger partial charge on any atom is -0.478 e. The molecule has 0 saturated heterocycles. The van der Waals surface area contributed by atoms with E-state index in [1.807, 2.05) is 13.8 Å². The number of fused-ring (bicyclic) bond motifs is 1. The van der Waals surface area contributed by atoms with Crippen LogP contribution in [0.15, 0.2) is 41.6 Å². The molecular formula is C18H17FN6O3S. The first-order chi connectivity index (χ1) is 13.3. The van der Waals surface area contributed by atoms with Crippen LogP contribution in [0.4, 0.5) is 4.39 Å². The number of nitrogens with one attached hydrogen (secondary N) is 1. The fraction of sp³-hybridized carbons (Fsp3) is 0.167. The minimum absolute atomic E-state index is 0. The highest BCUT2D eigenvalue weighted by Crippen LogP contribution is 2.24. The van der Waals surface area contributed by atoms with Gasteiger partial charge in [-0.25, -0.2) is 18.9 Å². The molecule has 0 bridgehead atoms. The highest BCUT2D eigenvalue weighted by atomic mass is 32.1. The molecule has 0 amide bonds. The lowest BCUT2D eigenvalue weighted by molar-refractivity contribution is 0.0697. The first-order valence-corrected chi connectivity index (χ1v) is 8.37. The molecule has 1 atom stereocenters. The molecule has 0 aliphatic rings. The molecule has 4 aromatic rings. The molecule has 0 unspecified atom stereocenters. The van der Waals surface area contributed by atoms with Gasteiger partial charge in [-0.15, -0.1) is 0 Å². The number of carboxylic acids is 1. The first-order valence-electron chi connectivity index (χ1n) is 8.37. The second kappa shape index (κ2) is 7.51. The number of hydrogen-bond donors (Lipinski definition) is 2. The average Bonchev–Trinajstić information content (AvgIpc) is 3.30. The van der Waals surface area contributed by atoms with Crippen LogP contribution >= 0.6 is 13.5 Å². The van der Waals surface area contributed by atoms with Crippen molar-refractivity contribution >= 4 is 30.5 Å². The highest BCUT2D eigenvalue weighted by Gasteiger charge is 2.19. The van der Waals surface area contributed by atoms with E-state index in [4.69, 9.17) is 5.11 Å². The van der Waals surface area contributed by atoms with Gasteiger partial charge in [-0.05, 0) is 37.1 Å². The van der Waals surface area contributed by atoms with E-state index < -0.39 is 17.6 Å². The van der Waals surface area contributed by atoms with Crippen molar-refractivity contribution in [3.63, 3.8) is 0 Å². The molecular weight excluding hydrogens is 399 g/mol. The molecule has 0 aliphatic heterocycles. The number of halogens is 1. The van der Waals surface area contributed by atoms with Gasteiger partial charge in [-0.3, -0.25) is 14.5 Å². The van der Waals surface area contributed by atoms with Crippen molar-refractivity contribution in [2.45, 2.75) is 19.9 Å². The lowest BCUT2D eigenvalue weighted by Crippen LogP contribution is -2.19. The molecule has 150 valence electrons. The van der Waals surface area contributed by atoms with E-state index in [9.17, 15) is 14.0 Å². The number of aromatic carboxylic acids is 1. The summed E-state index contributed by atoms with van der Waals surface area (Å²) in [6.07, 6.45) is 3.83. The number of aryl methyl sites for hydroxylation is 1. The summed E-state index contributed by atoms with van der Waals surface area (Å²) in [7, 11) is 0. The fourth-order valence-corrected chi connectivity index (χ4v) is 3.10. The maximum absolute atomic E-state index is 13.7. The van der Waals surface area contributed by atoms with E-state index >= 15 is 0 Å². The average molecular weight is 416 g/mol. The predicted molar refractivity (Wildman–Crippen MR) is 108 cm³/mol. The smallest absolute Gasteiger partial charge is 0.338 e. The number of benzene rings is 1. The SMILES string of the molecule is Cc1ccc(F)cc1[C@H](C)n1ncc2nc(-n3cc(C(=O)O)cn3)[nH]c(=O)c21.S. The van der Waals surface area contributed by atoms with Crippen LogP contribution in [0.2, 0.25) is 0 Å². The van der Waals surface area contributed by atoms with Gasteiger partial charge in [0.2, 0.25) is 5.95 Å². The van der Waals surface area contributed by atoms with Crippen LogP contribution < -0.4 is 5.56 Å². The Labute approximate surface area is 170 Å². The maximum Gasteiger partial charge on any atom is 0.338 e. The van der Waals surface area contributed by atoms with Crippen molar-refractivity contribution in [2.24, 2.45) is 0 Å². The van der Waals surface area contributed by atoms with Gasteiger partial charge >= 0.3 is 5.97 Å². The molecule has 0 fully saturated rings. The molecule has 0 radical (unpaired) electrons. The Bertz CT molecular complexity index is 1280. The van der Waals surface area contributed by atoms with Crippen LogP contribution in [-0.2, 0) is 0 Å². The van der Waals surface area contributed by atoms with Crippen molar-refractivity contribution < 1.29 is 14.3 Å². The number of carboxylic acid groups (broad SMARTS) is 1. The summed E-state index contributed by atoms with van der Waals surface area (Å²) < 4.78 is 16.3. The molecule has 0 spiro atoms. The van der Waals surface area contributed by atoms with Crippen LogP contribution in [0.25, 0.3) is 17.0 Å². The van der Waals surface area contributed by atoms with Gasteiger partial charge in [0.15, 0.2) is 5.52 Å². The number of aromatic amines is 1. The Morgan fingerprint density at radius 2 is 2.03 bits per heavy atom. The first kappa shape index (κ1) is 20.3. The van der Waals surface area contributed by atoms with Crippen LogP contribution in [0, 0.1) is 12.7 Å². The van der Waals surface area contributed by atoms with Crippen LogP contribution in [-0.4, -0.2) is 40.6 Å². The summed E-state index contributed by atoms with van der Waals surface area (Å²) in [5, 5.41) is 17.2. The normalized spacial score (nSPS) is 12.0. The topological polar surface area (TPSA) is 119 Å². The Kier molecular flexibility index (Phi) is 5.25. The standard InChI is InChI=1S/C18H15FN6O3.H2S/c1-9-3-4-12(19)5-13(9)10(2)25-15-14(7-21-25)22-18(23-16(15)26)24-8-11(6-20-24)17(27)28;/h3-8,10H,1-2H3,(H,27,28)(H,22,23,26);1H2/t10-;/m0./s1. The van der Waals surface area contributed by atoms with Gasteiger partial charge in [0.25, 0.3) is 5.56 Å². The Morgan fingerprint density at radius 3 is 2.72 bits per heavy atom. The number of carbonyl (C=O) groups is 1. The van der Waals surface area contributed by atoms with Crippen molar-refractivity contribution in [1.82, 2.24) is 29.5 Å². The molecule has 0 saturated carbocycles. The summed E-state index contributed by atoms with van der Waals surface area (Å²) in [6, 6.07) is 4.07. The molecule has 0 aliphatic carbocycles. The maximum atomic E-state index is 13.7. The number of rotatable bonds is 4. The third-order valence-corrected chi connectivity index (χ3v) is 4.55. The van der Waals surface area contributed by atoms with E-state index in [1.54, 1.807) is 6.07 Å². The highest BCUT2D eigenvalue weighted by molar-refractivity contribution is 7.59. The Morgan fingerprint density at radius 1 is 1.28 bits per heavy atom. The third kappa shape index (κ3) is 3.51. The Hall–Kier alpha value is -3.47. The van der Waals surface area contributed by atoms with Crippen LogP contribution in [0.1, 0.15) is 34.5 Å². The molecule has 29 heavy (non-hydrogen) atoms. The van der Waals surface area contributed by atoms with Gasteiger partial charge in [-0.1, -0.05) is 6.07 Å². The fourth-order valence-electron chi connectivity index (χ4n) is 3.10. The minimum atomic E-state index is -1.14. The van der Waals surface area contributed by atoms with Gasteiger partial charge in [0.05, 0.1) is 24.0 Å². The molecule has 11 heteroatoms. The van der Waals surface area contributed by atoms with E-state index in [-0.39, 0.29) is 36.3 Å². The number of H-pyrrole nitrogens is 1. The summed E-state index contributed by atoms with van der Waals surface area (Å²) in [5.41, 5.74) is 1.61. The Balaban J connectivity index is 0.00000240. The number of nitrogens with zero attached hydrogens (tertiary/aromatic N) is 5. The largest absolute Gasteiger partial charge is 0.478 e. The van der Waals surface area contributed by atoms with Crippen molar-refractivity contribution in [1.29, 1.82) is 0 Å². The van der Waals surface area contributed by atoms with Crippen molar-refractivity contribution in [3.8, 4) is 5.95 Å². The van der Waals surface area contributed by atoms with E-state index in [1.165, 1.54) is 33.9 Å². The molecule has 9 nitrogen and oxygen atoms in total. The van der Waals surface area contributed by atoms with Crippen LogP contribution in [0.5, 0.6) is 0 Å². The van der Waals surface area contributed by atoms with Gasteiger partial charge in [0.1, 0.15) is 11.3 Å². The number of hydrogen-bond acceptors (Lipinski definition) is 5. The van der Waals surface area contributed by atoms with Gasteiger partial charge < -0.3 is 5.11 Å². The monoisotopic (exact) mass is 416 g/mol. The summed E-state index contributed by atoms with van der Waals surface area (Å²) >= 11 is 0. The third-order valence-electron chi connectivity index (χ3n) is 4.55. The lowest BCUT2D eigenvalue weighted by Gasteiger charge is -2.16. The molecule has 3 heterocycles. The van der Waals surface area contributed by atoms with Gasteiger partial charge in [-0.2, -0.15) is 23.7 Å². The van der Waals surface area contributed by atoms with E-state index in [0.29, 0.717) is 11.1 Å². The quantitative estimate of drug-likeness (QED) is 0.526. The summed E-state index contributed by atoms with van der Waals surface area (Å²) in [5.74, 6) is -1.44. The molecule has 1 aromatic carbocycles. The lowest BCUT2D eigenvalue weighted by atomic mass is 10.0. The van der Waals surface area contributed by atoms with Gasteiger partial charge in [0, 0.05) is 6.20 Å². The summed E-state index contributed by atoms with van der Waals surface area (Å²) in [4.78, 5) is 30.6. The number of aromatic nitrogens is 6. The zero-order valence-electron chi connectivity index (χ0n) is 15.4. The second-order valence-electron chi connectivity index (χ2n) is 6.37. The predicted octanol–water partition coefficient (Wildman–Crippen LogP) is 2.17. The second-order valence-corrected chi connectivity index (χ2v) is 6.37. The summed E-state index contributed by atoms with van der Waals surface area (Å²) in [6.45, 7) is 3.67. The molecule has 3 aromatic heterocycles. The zero-order valence-corrected chi connectivity index (χ0v) is 16.4. The molecule has 4 rings (SSSR count). The van der Waals surface area contributed by atoms with Crippen molar-refractivity contribution in [2.75, 3.05) is 0 Å².